The maximum atomic E-state index is 11.4. The fourth-order valence-corrected chi connectivity index (χ4v) is 3.77. The van der Waals surface area contributed by atoms with Crippen molar-refractivity contribution in [2.24, 2.45) is 10.8 Å². The lowest BCUT2D eigenvalue weighted by molar-refractivity contribution is -0.150. The van der Waals surface area contributed by atoms with E-state index in [0.717, 1.165) is 46.0 Å². The van der Waals surface area contributed by atoms with Crippen LogP contribution in [0.1, 0.15) is 105 Å². The summed E-state index contributed by atoms with van der Waals surface area (Å²) in [5, 5.41) is 9.42. The molecular formula is C22H47O7P. The molecule has 0 aromatic carbocycles. The van der Waals surface area contributed by atoms with Gasteiger partial charge in [-0.2, -0.15) is 0 Å². The molecule has 0 amide bonds. The number of phosphoric acid groups is 1. The third-order valence-corrected chi connectivity index (χ3v) is 7.21. The lowest BCUT2D eigenvalue weighted by atomic mass is 9.76. The van der Waals surface area contributed by atoms with Crippen LogP contribution in [0.3, 0.4) is 0 Å². The Morgan fingerprint density at radius 3 is 1.50 bits per heavy atom. The summed E-state index contributed by atoms with van der Waals surface area (Å²) in [5.74, 6) is -0.639. The average molecular weight is 455 g/mol. The minimum Gasteiger partial charge on any atom is -0.481 e. The Balaban J connectivity index is 0. The molecule has 0 heterocycles. The van der Waals surface area contributed by atoms with E-state index in [1.165, 1.54) is 32.1 Å². The first kappa shape index (κ1) is 31.7. The van der Waals surface area contributed by atoms with Gasteiger partial charge >= 0.3 is 13.8 Å². The number of carbonyl (C=O) groups is 1. The van der Waals surface area contributed by atoms with E-state index in [9.17, 15) is 14.5 Å². The predicted octanol–water partition coefficient (Wildman–Crippen LogP) is 6.18. The van der Waals surface area contributed by atoms with E-state index in [4.69, 9.17) is 14.5 Å². The molecule has 0 bridgehead atoms. The summed E-state index contributed by atoms with van der Waals surface area (Å²) in [6, 6.07) is 0. The molecule has 182 valence electrons. The molecule has 0 aromatic heterocycles. The minimum atomic E-state index is -4.15. The Morgan fingerprint density at radius 2 is 1.20 bits per heavy atom. The molecule has 0 saturated carbocycles. The van der Waals surface area contributed by atoms with E-state index in [1.807, 2.05) is 13.8 Å². The van der Waals surface area contributed by atoms with Gasteiger partial charge in [-0.05, 0) is 43.9 Å². The molecule has 0 radical (unpaired) electrons. The van der Waals surface area contributed by atoms with Crippen molar-refractivity contribution in [2.45, 2.75) is 105 Å². The Bertz CT molecular complexity index is 460. The molecule has 0 unspecified atom stereocenters. The molecule has 0 fully saturated rings. The van der Waals surface area contributed by atoms with Crippen molar-refractivity contribution in [3.05, 3.63) is 0 Å². The predicted molar refractivity (Wildman–Crippen MR) is 122 cm³/mol. The third kappa shape index (κ3) is 13.8. The molecule has 0 aromatic rings. The molecule has 0 saturated heterocycles. The van der Waals surface area contributed by atoms with Crippen molar-refractivity contribution >= 4 is 13.8 Å². The van der Waals surface area contributed by atoms with Crippen LogP contribution in [0, 0.1) is 10.8 Å². The average Bonchev–Trinajstić information content (AvgIpc) is 2.73. The summed E-state index contributed by atoms with van der Waals surface area (Å²) in [4.78, 5) is 26.9. The van der Waals surface area contributed by atoms with Crippen LogP contribution in [0.2, 0.25) is 0 Å². The van der Waals surface area contributed by atoms with Gasteiger partial charge in [0.05, 0.1) is 5.41 Å². The standard InChI is InChI=1S/C21H42O3.CH5O4P/c1-6-20(7-2,8-3)15-11-13-17-24-18-14-12-16-21(9-4,10-5)19(22)23;1-5-6(2,3)4/h6-18H2,1-5H3,(H,22,23);1H3,(H2,2,3,4). The van der Waals surface area contributed by atoms with E-state index in [1.54, 1.807) is 0 Å². The zero-order valence-electron chi connectivity index (χ0n) is 20.1. The molecule has 0 aliphatic heterocycles. The number of unbranched alkanes of at least 4 members (excludes halogenated alkanes) is 2. The van der Waals surface area contributed by atoms with Gasteiger partial charge in [0.2, 0.25) is 0 Å². The lowest BCUT2D eigenvalue weighted by Crippen LogP contribution is -2.29. The van der Waals surface area contributed by atoms with Gasteiger partial charge in [-0.3, -0.25) is 9.32 Å². The van der Waals surface area contributed by atoms with Gasteiger partial charge in [0.25, 0.3) is 0 Å². The van der Waals surface area contributed by atoms with Crippen LogP contribution in [-0.4, -0.2) is 41.2 Å². The molecule has 3 N–H and O–H groups in total. The van der Waals surface area contributed by atoms with Crippen LogP contribution in [0.5, 0.6) is 0 Å². The molecule has 8 heteroatoms. The van der Waals surface area contributed by atoms with Gasteiger partial charge in [0, 0.05) is 20.3 Å². The van der Waals surface area contributed by atoms with Gasteiger partial charge < -0.3 is 19.6 Å². The topological polar surface area (TPSA) is 113 Å². The SMILES string of the molecule is CCC(CC)(CC)CCCCOCCCCC(CC)(CC)C(=O)O.COP(=O)(O)O. The number of hydrogen-bond acceptors (Lipinski definition) is 4. The normalized spacial score (nSPS) is 12.4. The quantitative estimate of drug-likeness (QED) is 0.178. The van der Waals surface area contributed by atoms with Gasteiger partial charge in [0.1, 0.15) is 0 Å². The number of aliphatic carboxylic acids is 1. The van der Waals surface area contributed by atoms with Crippen LogP contribution < -0.4 is 0 Å². The first-order chi connectivity index (χ1) is 14.0. The highest BCUT2D eigenvalue weighted by Gasteiger charge is 2.33. The first-order valence-electron chi connectivity index (χ1n) is 11.4. The summed E-state index contributed by atoms with van der Waals surface area (Å²) >= 11 is 0. The summed E-state index contributed by atoms with van der Waals surface area (Å²) in [5.41, 5.74) is 0.0181. The Labute approximate surface area is 184 Å². The molecule has 7 nitrogen and oxygen atoms in total. The number of carboxylic acid groups (broad SMARTS) is 1. The molecular weight excluding hydrogens is 407 g/mol. The van der Waals surface area contributed by atoms with Crippen LogP contribution in [-0.2, 0) is 18.6 Å². The van der Waals surface area contributed by atoms with Crippen molar-refractivity contribution in [2.75, 3.05) is 20.3 Å². The highest BCUT2D eigenvalue weighted by Crippen LogP contribution is 2.36. The molecule has 0 rings (SSSR count). The maximum Gasteiger partial charge on any atom is 0.469 e. The van der Waals surface area contributed by atoms with E-state index in [0.29, 0.717) is 18.3 Å². The number of hydrogen-bond donors (Lipinski definition) is 3. The molecule has 0 aliphatic rings. The summed E-state index contributed by atoms with van der Waals surface area (Å²) < 4.78 is 18.8. The lowest BCUT2D eigenvalue weighted by Gasteiger charge is -2.30. The summed E-state index contributed by atoms with van der Waals surface area (Å²) in [6.45, 7) is 12.5. The molecule has 0 spiro atoms. The van der Waals surface area contributed by atoms with E-state index >= 15 is 0 Å². The number of phosphoric ester groups is 1. The molecule has 0 aliphatic carbocycles. The van der Waals surface area contributed by atoms with Crippen LogP contribution in [0.15, 0.2) is 0 Å². The van der Waals surface area contributed by atoms with Gasteiger partial charge in [-0.15, -0.1) is 0 Å². The Hall–Kier alpha value is -0.460. The van der Waals surface area contributed by atoms with Gasteiger partial charge in [-0.1, -0.05) is 66.7 Å². The number of ether oxygens (including phenoxy) is 1. The number of rotatable bonds is 17. The second kappa shape index (κ2) is 17.1. The zero-order valence-corrected chi connectivity index (χ0v) is 21.0. The fourth-order valence-electron chi connectivity index (χ4n) is 3.77. The molecule has 0 atom stereocenters. The van der Waals surface area contributed by atoms with Crippen molar-refractivity contribution in [1.82, 2.24) is 0 Å². The second-order valence-corrected chi connectivity index (χ2v) is 9.40. The third-order valence-electron chi connectivity index (χ3n) is 6.73. The summed E-state index contributed by atoms with van der Waals surface area (Å²) in [6.07, 6.45) is 11.7. The van der Waals surface area contributed by atoms with Crippen molar-refractivity contribution < 1.29 is 33.5 Å². The Kier molecular flexibility index (Phi) is 18.1. The molecule has 30 heavy (non-hydrogen) atoms. The van der Waals surface area contributed by atoms with Crippen LogP contribution in [0.25, 0.3) is 0 Å². The highest BCUT2D eigenvalue weighted by molar-refractivity contribution is 7.46. The first-order valence-corrected chi connectivity index (χ1v) is 13.0. The van der Waals surface area contributed by atoms with E-state index in [2.05, 4.69) is 25.3 Å². The monoisotopic (exact) mass is 454 g/mol. The highest BCUT2D eigenvalue weighted by atomic mass is 31.2. The van der Waals surface area contributed by atoms with E-state index in [-0.39, 0.29) is 0 Å². The Morgan fingerprint density at radius 1 is 0.800 bits per heavy atom. The number of carboxylic acids is 1. The van der Waals surface area contributed by atoms with Gasteiger partial charge in [0.15, 0.2) is 0 Å². The summed E-state index contributed by atoms with van der Waals surface area (Å²) in [7, 11) is -3.20. The zero-order chi connectivity index (χ0) is 23.7. The van der Waals surface area contributed by atoms with E-state index < -0.39 is 19.2 Å². The smallest absolute Gasteiger partial charge is 0.469 e. The van der Waals surface area contributed by atoms with Crippen molar-refractivity contribution in [3.63, 3.8) is 0 Å². The fraction of sp³-hybridized carbons (Fsp3) is 0.955. The van der Waals surface area contributed by atoms with Crippen molar-refractivity contribution in [1.29, 1.82) is 0 Å². The second-order valence-electron chi connectivity index (χ2n) is 8.05. The minimum absolute atomic E-state index is 0.524. The van der Waals surface area contributed by atoms with Crippen LogP contribution >= 0.6 is 7.82 Å². The maximum absolute atomic E-state index is 11.4. The van der Waals surface area contributed by atoms with Crippen LogP contribution in [0.4, 0.5) is 0 Å². The van der Waals surface area contributed by atoms with Crippen molar-refractivity contribution in [3.8, 4) is 0 Å². The van der Waals surface area contributed by atoms with Gasteiger partial charge in [-0.25, -0.2) is 4.57 Å². The largest absolute Gasteiger partial charge is 0.481 e.